The summed E-state index contributed by atoms with van der Waals surface area (Å²) in [6, 6.07) is 1.94. The van der Waals surface area contributed by atoms with E-state index in [4.69, 9.17) is 0 Å². The van der Waals surface area contributed by atoms with Crippen LogP contribution in [0.4, 0.5) is 5.69 Å². The molecule has 4 aliphatic carbocycles. The standard InChI is InChI=1S/C37H45NO4/c1-34(2)11-9-19-10-12-36(5,6)27-24(19)22(34)17-20(30(27)39)25-32(41)26(33(25)42)21-18-23-29-28(31(21)40)37(7,8)14-16-38(29)15-13-35(23,3)4/h17-19,40-41H,9-16H2,1-8H3/b25-20-. The monoisotopic (exact) mass is 567 g/mol. The largest absolute Gasteiger partial charge is 0.507 e. The zero-order valence-corrected chi connectivity index (χ0v) is 26.5. The molecular weight excluding hydrogens is 522 g/mol. The maximum atomic E-state index is 14.3. The molecule has 1 aromatic carbocycles. The second-order valence-electron chi connectivity index (χ2n) is 16.4. The Labute approximate surface area is 250 Å². The van der Waals surface area contributed by atoms with Crippen molar-refractivity contribution in [3.8, 4) is 5.75 Å². The molecule has 1 fully saturated rings. The molecule has 1 atom stereocenters. The minimum Gasteiger partial charge on any atom is -0.507 e. The number of phenolic OH excluding ortho intramolecular Hbond substituents is 1. The van der Waals surface area contributed by atoms with Gasteiger partial charge in [0, 0.05) is 41.1 Å². The number of ketones is 2. The van der Waals surface area contributed by atoms with E-state index in [1.807, 2.05) is 12.1 Å². The Kier molecular flexibility index (Phi) is 5.48. The normalized spacial score (nSPS) is 30.0. The van der Waals surface area contributed by atoms with Gasteiger partial charge in [-0.15, -0.1) is 0 Å². The van der Waals surface area contributed by atoms with Gasteiger partial charge < -0.3 is 15.1 Å². The van der Waals surface area contributed by atoms with E-state index >= 15 is 0 Å². The van der Waals surface area contributed by atoms with Crippen molar-refractivity contribution in [3.63, 3.8) is 0 Å². The third-order valence-electron chi connectivity index (χ3n) is 11.8. The summed E-state index contributed by atoms with van der Waals surface area (Å²) in [5.74, 6) is -0.155. The first-order valence-electron chi connectivity index (χ1n) is 15.9. The van der Waals surface area contributed by atoms with E-state index in [1.165, 1.54) is 5.57 Å². The van der Waals surface area contributed by atoms with Gasteiger partial charge in [-0.3, -0.25) is 9.59 Å². The van der Waals surface area contributed by atoms with Crippen LogP contribution >= 0.6 is 0 Å². The summed E-state index contributed by atoms with van der Waals surface area (Å²) < 4.78 is 0. The minimum absolute atomic E-state index is 0.0862. The Bertz CT molecular complexity index is 1640. The van der Waals surface area contributed by atoms with Crippen LogP contribution in [0.2, 0.25) is 0 Å². The summed E-state index contributed by atoms with van der Waals surface area (Å²) in [7, 11) is 0. The minimum atomic E-state index is -0.350. The molecule has 0 bridgehead atoms. The number of nitrogens with zero attached hydrogens (tertiary/aromatic N) is 1. The van der Waals surface area contributed by atoms with Gasteiger partial charge in [0.15, 0.2) is 5.78 Å². The summed E-state index contributed by atoms with van der Waals surface area (Å²) in [4.78, 5) is 30.7. The highest BCUT2D eigenvalue weighted by atomic mass is 16.3. The van der Waals surface area contributed by atoms with Gasteiger partial charge in [-0.25, -0.2) is 0 Å². The number of benzene rings is 1. The molecule has 0 radical (unpaired) electrons. The molecule has 0 aromatic heterocycles. The smallest absolute Gasteiger partial charge is 0.202 e. The molecule has 6 aliphatic rings. The van der Waals surface area contributed by atoms with Crippen molar-refractivity contribution in [2.24, 2.45) is 16.7 Å². The molecule has 0 amide bonds. The lowest BCUT2D eigenvalue weighted by molar-refractivity contribution is -0.115. The average Bonchev–Trinajstić information content (AvgIpc) is 2.88. The zero-order chi connectivity index (χ0) is 30.3. The van der Waals surface area contributed by atoms with Crippen molar-refractivity contribution in [3.05, 3.63) is 62.5 Å². The molecule has 42 heavy (non-hydrogen) atoms. The number of aromatic hydroxyl groups is 1. The van der Waals surface area contributed by atoms with Gasteiger partial charge in [-0.1, -0.05) is 55.4 Å². The number of aliphatic hydroxyl groups is 1. The molecule has 5 nitrogen and oxygen atoms in total. The van der Waals surface area contributed by atoms with E-state index < -0.39 is 0 Å². The molecule has 2 N–H and O–H groups in total. The van der Waals surface area contributed by atoms with E-state index in [0.717, 1.165) is 79.6 Å². The number of carbonyl (C=O) groups is 2. The van der Waals surface area contributed by atoms with Gasteiger partial charge in [-0.2, -0.15) is 0 Å². The number of rotatable bonds is 1. The van der Waals surface area contributed by atoms with Gasteiger partial charge in [0.05, 0.1) is 11.1 Å². The summed E-state index contributed by atoms with van der Waals surface area (Å²) in [6.07, 6.45) is 7.94. The number of allylic oxidation sites excluding steroid dienone is 7. The molecule has 1 unspecified atom stereocenters. The second kappa shape index (κ2) is 8.30. The molecular formula is C37H45NO4. The molecule has 1 saturated carbocycles. The SMILES string of the molecule is CC1(C)CCC2CCC(C)(C)C3=C2C1=C/C(=C1/C(=O)C(c2cc4c5c(c2O)C(C)(C)CCN5CCC4(C)C)=C1O)C3=O. The van der Waals surface area contributed by atoms with E-state index in [2.05, 4.69) is 60.3 Å². The van der Waals surface area contributed by atoms with E-state index in [0.29, 0.717) is 17.1 Å². The van der Waals surface area contributed by atoms with Crippen LogP contribution in [0, 0.1) is 16.7 Å². The molecule has 0 spiro atoms. The van der Waals surface area contributed by atoms with Crippen LogP contribution in [0.5, 0.6) is 5.75 Å². The quantitative estimate of drug-likeness (QED) is 0.339. The van der Waals surface area contributed by atoms with Crippen LogP contribution in [0.15, 0.2) is 45.8 Å². The van der Waals surface area contributed by atoms with Crippen molar-refractivity contribution in [2.75, 3.05) is 18.0 Å². The summed E-state index contributed by atoms with van der Waals surface area (Å²) in [6.45, 7) is 19.4. The lowest BCUT2D eigenvalue weighted by atomic mass is 9.54. The van der Waals surface area contributed by atoms with Crippen molar-refractivity contribution >= 4 is 22.8 Å². The second-order valence-corrected chi connectivity index (χ2v) is 16.4. The molecule has 1 aromatic rings. The number of anilines is 1. The lowest BCUT2D eigenvalue weighted by Crippen LogP contribution is -2.45. The molecule has 222 valence electrons. The fourth-order valence-electron chi connectivity index (χ4n) is 8.95. The van der Waals surface area contributed by atoms with Crippen molar-refractivity contribution in [2.45, 2.75) is 105 Å². The lowest BCUT2D eigenvalue weighted by Gasteiger charge is -2.49. The summed E-state index contributed by atoms with van der Waals surface area (Å²) >= 11 is 0. The Morgan fingerprint density at radius 3 is 2.02 bits per heavy atom. The van der Waals surface area contributed by atoms with Crippen LogP contribution in [0.25, 0.3) is 5.57 Å². The van der Waals surface area contributed by atoms with Gasteiger partial charge in [0.25, 0.3) is 0 Å². The first-order chi connectivity index (χ1) is 19.5. The molecule has 2 heterocycles. The predicted octanol–water partition coefficient (Wildman–Crippen LogP) is 7.77. The maximum absolute atomic E-state index is 14.3. The van der Waals surface area contributed by atoms with Crippen molar-refractivity contribution in [1.29, 1.82) is 0 Å². The Balaban J connectivity index is 1.44. The summed E-state index contributed by atoms with van der Waals surface area (Å²) in [5.41, 5.74) is 6.41. The van der Waals surface area contributed by atoms with E-state index in [1.54, 1.807) is 0 Å². The highest BCUT2D eigenvalue weighted by molar-refractivity contribution is 6.42. The average molecular weight is 568 g/mol. The molecule has 7 rings (SSSR count). The highest BCUT2D eigenvalue weighted by Gasteiger charge is 2.51. The molecule has 0 saturated heterocycles. The molecule has 2 aliphatic heterocycles. The third-order valence-corrected chi connectivity index (χ3v) is 11.8. The van der Waals surface area contributed by atoms with Crippen LogP contribution in [0.3, 0.4) is 0 Å². The number of hydrogen-bond acceptors (Lipinski definition) is 5. The first-order valence-corrected chi connectivity index (χ1v) is 15.9. The maximum Gasteiger partial charge on any atom is 0.202 e. The number of phenols is 1. The zero-order valence-electron chi connectivity index (χ0n) is 26.5. The fraction of sp³-hybridized carbons (Fsp3) is 0.568. The van der Waals surface area contributed by atoms with Crippen LogP contribution < -0.4 is 4.90 Å². The van der Waals surface area contributed by atoms with E-state index in [-0.39, 0.29) is 55.9 Å². The van der Waals surface area contributed by atoms with Crippen molar-refractivity contribution in [1.82, 2.24) is 0 Å². The Morgan fingerprint density at radius 1 is 0.762 bits per heavy atom. The Hall–Kier alpha value is -3.08. The van der Waals surface area contributed by atoms with Gasteiger partial charge >= 0.3 is 0 Å². The summed E-state index contributed by atoms with van der Waals surface area (Å²) in [5, 5.41) is 23.4. The van der Waals surface area contributed by atoms with Crippen LogP contribution in [-0.4, -0.2) is 34.9 Å². The van der Waals surface area contributed by atoms with Gasteiger partial charge in [-0.05, 0) is 95.0 Å². The van der Waals surface area contributed by atoms with Gasteiger partial charge in [0.2, 0.25) is 5.78 Å². The number of Topliss-reactive ketones (excluding diaryl/α,β-unsaturated/α-hetero) is 2. The van der Waals surface area contributed by atoms with E-state index in [9.17, 15) is 19.8 Å². The number of aliphatic hydroxyl groups excluding tert-OH is 1. The fourth-order valence-corrected chi connectivity index (χ4v) is 8.95. The first kappa shape index (κ1) is 27.7. The Morgan fingerprint density at radius 2 is 1.38 bits per heavy atom. The van der Waals surface area contributed by atoms with Crippen LogP contribution in [0.1, 0.15) is 111 Å². The third kappa shape index (κ3) is 3.48. The number of carbonyl (C=O) groups excluding carboxylic acids is 2. The highest BCUT2D eigenvalue weighted by Crippen LogP contribution is 2.59. The predicted molar refractivity (Wildman–Crippen MR) is 167 cm³/mol. The molecule has 5 heteroatoms. The number of hydrogen-bond donors (Lipinski definition) is 2. The van der Waals surface area contributed by atoms with Crippen molar-refractivity contribution < 1.29 is 19.8 Å². The van der Waals surface area contributed by atoms with Crippen LogP contribution in [-0.2, 0) is 20.4 Å². The van der Waals surface area contributed by atoms with Gasteiger partial charge in [0.1, 0.15) is 11.5 Å². The topological polar surface area (TPSA) is 77.8 Å².